The van der Waals surface area contributed by atoms with Gasteiger partial charge in [-0.1, -0.05) is 0 Å². The molecule has 2 aliphatic heterocycles. The summed E-state index contributed by atoms with van der Waals surface area (Å²) in [7, 11) is 2.23. The lowest BCUT2D eigenvalue weighted by Gasteiger charge is -2.45. The van der Waals surface area contributed by atoms with Crippen molar-refractivity contribution < 1.29 is 0 Å². The largest absolute Gasteiger partial charge is 0.306 e. The summed E-state index contributed by atoms with van der Waals surface area (Å²) in [4.78, 5) is 2.45. The first-order valence-electron chi connectivity index (χ1n) is 5.64. The lowest BCUT2D eigenvalue weighted by atomic mass is 9.71. The summed E-state index contributed by atoms with van der Waals surface area (Å²) in [6.45, 7) is 8.39. The Morgan fingerprint density at radius 3 is 2.00 bits per heavy atom. The summed E-state index contributed by atoms with van der Waals surface area (Å²) < 4.78 is 0. The fourth-order valence-corrected chi connectivity index (χ4v) is 2.70. The Balaban J connectivity index is 1.89. The van der Waals surface area contributed by atoms with Gasteiger partial charge in [-0.2, -0.15) is 5.10 Å². The number of likely N-dealkylation sites (tertiary alicyclic amines) is 1. The highest BCUT2D eigenvalue weighted by molar-refractivity contribution is 5.22. The average molecular weight is 195 g/mol. The number of rotatable bonds is 1. The van der Waals surface area contributed by atoms with Gasteiger partial charge in [-0.3, -0.25) is 5.01 Å². The molecule has 2 fully saturated rings. The first kappa shape index (κ1) is 9.97. The third-order valence-electron chi connectivity index (χ3n) is 4.05. The van der Waals surface area contributed by atoms with Gasteiger partial charge in [0.05, 0.1) is 0 Å². The molecule has 2 rings (SSSR count). The standard InChI is InChI=1S/C11H21N3/c1-12-14-9-5-11(6-10-14)3-7-13(2)8-4-11/h1,3-10H2,2H3. The molecule has 0 radical (unpaired) electrons. The molecule has 0 amide bonds. The highest BCUT2D eigenvalue weighted by atomic mass is 15.4. The van der Waals surface area contributed by atoms with Crippen molar-refractivity contribution >= 4 is 6.72 Å². The smallest absolute Gasteiger partial charge is 0.0365 e. The van der Waals surface area contributed by atoms with Crippen molar-refractivity contribution in [2.75, 3.05) is 33.2 Å². The number of piperidine rings is 2. The molecule has 14 heavy (non-hydrogen) atoms. The summed E-state index contributed by atoms with van der Waals surface area (Å²) in [6.07, 6.45) is 5.41. The summed E-state index contributed by atoms with van der Waals surface area (Å²) in [5, 5.41) is 6.13. The Kier molecular flexibility index (Phi) is 2.77. The molecule has 3 heteroatoms. The van der Waals surface area contributed by atoms with Gasteiger partial charge in [-0.05, 0) is 51.2 Å². The minimum Gasteiger partial charge on any atom is -0.306 e. The minimum absolute atomic E-state index is 0.647. The van der Waals surface area contributed by atoms with Gasteiger partial charge in [-0.25, -0.2) is 0 Å². The lowest BCUT2D eigenvalue weighted by molar-refractivity contribution is 0.0444. The topological polar surface area (TPSA) is 18.8 Å². The zero-order valence-corrected chi connectivity index (χ0v) is 9.21. The molecule has 0 atom stereocenters. The normalized spacial score (nSPS) is 27.9. The van der Waals surface area contributed by atoms with E-state index < -0.39 is 0 Å². The van der Waals surface area contributed by atoms with Crippen LogP contribution in [0.2, 0.25) is 0 Å². The zero-order chi connectivity index (χ0) is 10.0. The van der Waals surface area contributed by atoms with Gasteiger partial charge >= 0.3 is 0 Å². The molecule has 1 spiro atoms. The van der Waals surface area contributed by atoms with Gasteiger partial charge in [0, 0.05) is 19.8 Å². The Morgan fingerprint density at radius 2 is 1.50 bits per heavy atom. The maximum absolute atomic E-state index is 4.01. The second-order valence-electron chi connectivity index (χ2n) is 4.90. The zero-order valence-electron chi connectivity index (χ0n) is 9.21. The maximum Gasteiger partial charge on any atom is 0.0365 e. The first-order chi connectivity index (χ1) is 6.74. The van der Waals surface area contributed by atoms with Crippen molar-refractivity contribution in [1.82, 2.24) is 9.91 Å². The minimum atomic E-state index is 0.647. The third-order valence-corrected chi connectivity index (χ3v) is 4.05. The molecular weight excluding hydrogens is 174 g/mol. The van der Waals surface area contributed by atoms with Crippen LogP contribution in [0, 0.1) is 5.41 Å². The van der Waals surface area contributed by atoms with Gasteiger partial charge < -0.3 is 4.90 Å². The molecule has 0 bridgehead atoms. The fraction of sp³-hybridized carbons (Fsp3) is 0.909. The summed E-state index contributed by atoms with van der Waals surface area (Å²) in [5.74, 6) is 0. The molecule has 3 nitrogen and oxygen atoms in total. The molecule has 0 unspecified atom stereocenters. The second-order valence-corrected chi connectivity index (χ2v) is 4.90. The Hall–Kier alpha value is -0.570. The predicted octanol–water partition coefficient (Wildman–Crippen LogP) is 1.41. The van der Waals surface area contributed by atoms with E-state index >= 15 is 0 Å². The van der Waals surface area contributed by atoms with Crippen LogP contribution < -0.4 is 0 Å². The average Bonchev–Trinajstić information content (AvgIpc) is 2.24. The maximum atomic E-state index is 4.01. The van der Waals surface area contributed by atoms with Crippen LogP contribution in [-0.2, 0) is 0 Å². The summed E-state index contributed by atoms with van der Waals surface area (Å²) in [5.41, 5.74) is 0.647. The van der Waals surface area contributed by atoms with Crippen LogP contribution >= 0.6 is 0 Å². The van der Waals surface area contributed by atoms with Gasteiger partial charge in [0.25, 0.3) is 0 Å². The molecule has 2 heterocycles. The van der Waals surface area contributed by atoms with E-state index in [1.54, 1.807) is 0 Å². The monoisotopic (exact) mass is 195 g/mol. The molecule has 0 N–H and O–H groups in total. The van der Waals surface area contributed by atoms with E-state index in [1.807, 2.05) is 0 Å². The SMILES string of the molecule is C=NN1CCC2(CCN(C)CC2)CC1. The van der Waals surface area contributed by atoms with Gasteiger partial charge in [0.2, 0.25) is 0 Å². The Morgan fingerprint density at radius 1 is 1.00 bits per heavy atom. The van der Waals surface area contributed by atoms with Crippen molar-refractivity contribution in [3.8, 4) is 0 Å². The second kappa shape index (κ2) is 3.89. The predicted molar refractivity (Wildman–Crippen MR) is 59.5 cm³/mol. The van der Waals surface area contributed by atoms with E-state index in [9.17, 15) is 0 Å². The molecule has 0 aromatic carbocycles. The number of hydrogen-bond acceptors (Lipinski definition) is 3. The molecule has 2 aliphatic rings. The Bertz CT molecular complexity index is 197. The van der Waals surface area contributed by atoms with E-state index in [1.165, 1.54) is 38.8 Å². The van der Waals surface area contributed by atoms with Crippen molar-refractivity contribution in [3.63, 3.8) is 0 Å². The highest BCUT2D eigenvalue weighted by Crippen LogP contribution is 2.40. The number of hydrazone groups is 1. The van der Waals surface area contributed by atoms with Crippen LogP contribution in [0.4, 0.5) is 0 Å². The fourth-order valence-electron chi connectivity index (χ4n) is 2.70. The Labute approximate surface area is 86.8 Å². The quantitative estimate of drug-likeness (QED) is 0.589. The van der Waals surface area contributed by atoms with Crippen LogP contribution in [0.1, 0.15) is 25.7 Å². The molecule has 0 aromatic rings. The summed E-state index contributed by atoms with van der Waals surface area (Å²) >= 11 is 0. The van der Waals surface area contributed by atoms with Crippen molar-refractivity contribution in [3.05, 3.63) is 0 Å². The van der Waals surface area contributed by atoms with Crippen LogP contribution in [-0.4, -0.2) is 49.9 Å². The molecule has 80 valence electrons. The van der Waals surface area contributed by atoms with Crippen molar-refractivity contribution in [1.29, 1.82) is 0 Å². The van der Waals surface area contributed by atoms with Gasteiger partial charge in [0.15, 0.2) is 0 Å². The molecular formula is C11H21N3. The molecule has 0 aliphatic carbocycles. The van der Waals surface area contributed by atoms with E-state index in [0.29, 0.717) is 5.41 Å². The summed E-state index contributed by atoms with van der Waals surface area (Å²) in [6, 6.07) is 0. The van der Waals surface area contributed by atoms with Gasteiger partial charge in [-0.15, -0.1) is 0 Å². The van der Waals surface area contributed by atoms with Crippen LogP contribution in [0.5, 0.6) is 0 Å². The lowest BCUT2D eigenvalue weighted by Crippen LogP contribution is -2.44. The number of nitrogens with zero attached hydrogens (tertiary/aromatic N) is 3. The molecule has 0 saturated carbocycles. The molecule has 0 aromatic heterocycles. The van der Waals surface area contributed by atoms with Crippen molar-refractivity contribution in [2.24, 2.45) is 10.5 Å². The van der Waals surface area contributed by atoms with Crippen LogP contribution in [0.15, 0.2) is 5.10 Å². The van der Waals surface area contributed by atoms with E-state index in [0.717, 1.165) is 13.1 Å². The van der Waals surface area contributed by atoms with Crippen molar-refractivity contribution in [2.45, 2.75) is 25.7 Å². The first-order valence-corrected chi connectivity index (χ1v) is 5.64. The van der Waals surface area contributed by atoms with Crippen LogP contribution in [0.3, 0.4) is 0 Å². The van der Waals surface area contributed by atoms with Gasteiger partial charge in [0.1, 0.15) is 0 Å². The van der Waals surface area contributed by atoms with E-state index in [4.69, 9.17) is 0 Å². The third kappa shape index (κ3) is 1.92. The highest BCUT2D eigenvalue weighted by Gasteiger charge is 2.36. The van der Waals surface area contributed by atoms with E-state index in [-0.39, 0.29) is 0 Å². The number of hydrogen-bond donors (Lipinski definition) is 0. The van der Waals surface area contributed by atoms with E-state index in [2.05, 4.69) is 28.8 Å². The molecule has 2 saturated heterocycles. The van der Waals surface area contributed by atoms with Crippen LogP contribution in [0.25, 0.3) is 0 Å².